The van der Waals surface area contributed by atoms with Gasteiger partial charge in [0.05, 0.1) is 16.8 Å². The van der Waals surface area contributed by atoms with Gasteiger partial charge >= 0.3 is 0 Å². The molecular weight excluding hydrogens is 252 g/mol. The second-order valence-electron chi connectivity index (χ2n) is 7.45. The van der Waals surface area contributed by atoms with E-state index in [0.717, 1.165) is 18.5 Å². The fourth-order valence-electron chi connectivity index (χ4n) is 1.95. The third-order valence-corrected chi connectivity index (χ3v) is 5.35. The summed E-state index contributed by atoms with van der Waals surface area (Å²) in [4.78, 5) is 4.43. The van der Waals surface area contributed by atoms with E-state index < -0.39 is 9.76 Å². The molecule has 1 aliphatic carbocycles. The van der Waals surface area contributed by atoms with Gasteiger partial charge in [0.15, 0.2) is 9.76 Å². The molecule has 0 spiro atoms. The Kier molecular flexibility index (Phi) is 3.62. The SMILES string of the molecule is CC(C)(C)[SiH2]OC(C)(C)c1ccnc(C2(N)CC2)c1. The molecule has 3 nitrogen and oxygen atoms in total. The molecule has 0 aliphatic heterocycles. The van der Waals surface area contributed by atoms with Gasteiger partial charge in [0.1, 0.15) is 0 Å². The molecule has 4 heteroatoms. The Hall–Kier alpha value is -0.713. The van der Waals surface area contributed by atoms with Crippen molar-refractivity contribution in [1.29, 1.82) is 0 Å². The van der Waals surface area contributed by atoms with Crippen LogP contribution in [0.4, 0.5) is 0 Å². The minimum atomic E-state index is -0.581. The van der Waals surface area contributed by atoms with Crippen molar-refractivity contribution in [3.05, 3.63) is 29.6 Å². The van der Waals surface area contributed by atoms with Crippen molar-refractivity contribution in [2.24, 2.45) is 5.73 Å². The predicted octanol–water partition coefficient (Wildman–Crippen LogP) is 2.58. The Bertz CT molecular complexity index is 461. The molecule has 0 amide bonds. The lowest BCUT2D eigenvalue weighted by atomic mass is 9.97. The van der Waals surface area contributed by atoms with Crippen molar-refractivity contribution < 1.29 is 4.43 Å². The molecule has 19 heavy (non-hydrogen) atoms. The molecule has 1 heterocycles. The highest BCUT2D eigenvalue weighted by molar-refractivity contribution is 6.31. The molecule has 106 valence electrons. The van der Waals surface area contributed by atoms with Gasteiger partial charge in [0.2, 0.25) is 0 Å². The minimum Gasteiger partial charge on any atom is -0.415 e. The van der Waals surface area contributed by atoms with E-state index >= 15 is 0 Å². The monoisotopic (exact) mass is 278 g/mol. The van der Waals surface area contributed by atoms with E-state index in [9.17, 15) is 0 Å². The number of rotatable bonds is 4. The van der Waals surface area contributed by atoms with Gasteiger partial charge in [-0.25, -0.2) is 0 Å². The Morgan fingerprint density at radius 3 is 2.42 bits per heavy atom. The lowest BCUT2D eigenvalue weighted by Gasteiger charge is -2.31. The molecule has 0 unspecified atom stereocenters. The van der Waals surface area contributed by atoms with E-state index in [0.29, 0.717) is 5.04 Å². The molecule has 1 aromatic rings. The fourth-order valence-corrected chi connectivity index (χ4v) is 2.91. The van der Waals surface area contributed by atoms with Crippen molar-refractivity contribution in [3.8, 4) is 0 Å². The van der Waals surface area contributed by atoms with E-state index in [2.05, 4.69) is 45.7 Å². The molecule has 1 saturated carbocycles. The van der Waals surface area contributed by atoms with E-state index in [1.54, 1.807) is 0 Å². The summed E-state index contributed by atoms with van der Waals surface area (Å²) in [6.07, 6.45) is 3.95. The second kappa shape index (κ2) is 4.68. The van der Waals surface area contributed by atoms with Crippen LogP contribution in [0.1, 0.15) is 58.7 Å². The maximum atomic E-state index is 6.24. The van der Waals surface area contributed by atoms with E-state index in [1.807, 2.05) is 12.3 Å². The van der Waals surface area contributed by atoms with Crippen LogP contribution in [-0.2, 0) is 15.6 Å². The quantitative estimate of drug-likeness (QED) is 0.861. The first kappa shape index (κ1) is 14.7. The van der Waals surface area contributed by atoms with Gasteiger partial charge < -0.3 is 10.2 Å². The zero-order valence-electron chi connectivity index (χ0n) is 12.8. The van der Waals surface area contributed by atoms with Crippen LogP contribution in [0, 0.1) is 0 Å². The second-order valence-corrected chi connectivity index (χ2v) is 10.1. The van der Waals surface area contributed by atoms with Crippen LogP contribution in [0.25, 0.3) is 0 Å². The summed E-state index contributed by atoms with van der Waals surface area (Å²) in [7, 11) is -0.581. The molecule has 2 rings (SSSR count). The molecule has 1 aliphatic rings. The first-order valence-corrected chi connectivity index (χ1v) is 8.31. The third kappa shape index (κ3) is 3.65. The van der Waals surface area contributed by atoms with Crippen LogP contribution in [0.3, 0.4) is 0 Å². The van der Waals surface area contributed by atoms with Crippen LogP contribution >= 0.6 is 0 Å². The average Bonchev–Trinajstić information content (AvgIpc) is 3.06. The van der Waals surface area contributed by atoms with Gasteiger partial charge in [-0.15, -0.1) is 0 Å². The van der Waals surface area contributed by atoms with Gasteiger partial charge in [-0.05, 0) is 49.4 Å². The highest BCUT2D eigenvalue weighted by Gasteiger charge is 2.42. The molecule has 0 atom stereocenters. The van der Waals surface area contributed by atoms with Crippen LogP contribution in [-0.4, -0.2) is 14.7 Å². The van der Waals surface area contributed by atoms with E-state index in [4.69, 9.17) is 10.2 Å². The van der Waals surface area contributed by atoms with Crippen molar-refractivity contribution in [2.45, 2.75) is 63.6 Å². The van der Waals surface area contributed by atoms with Crippen LogP contribution in [0.5, 0.6) is 0 Å². The minimum absolute atomic E-state index is 0.173. The summed E-state index contributed by atoms with van der Waals surface area (Å²) >= 11 is 0. The first-order valence-electron chi connectivity index (χ1n) is 7.02. The van der Waals surface area contributed by atoms with Crippen LogP contribution < -0.4 is 5.73 Å². The lowest BCUT2D eigenvalue weighted by Crippen LogP contribution is -2.29. The van der Waals surface area contributed by atoms with Crippen molar-refractivity contribution in [2.75, 3.05) is 0 Å². The normalized spacial score (nSPS) is 19.1. The summed E-state index contributed by atoms with van der Waals surface area (Å²) in [5, 5.41) is 0.304. The third-order valence-electron chi connectivity index (χ3n) is 3.62. The smallest absolute Gasteiger partial charge is 0.168 e. The van der Waals surface area contributed by atoms with Crippen molar-refractivity contribution in [1.82, 2.24) is 4.98 Å². The Morgan fingerprint density at radius 1 is 1.26 bits per heavy atom. The van der Waals surface area contributed by atoms with Gasteiger partial charge in [-0.2, -0.15) is 0 Å². The van der Waals surface area contributed by atoms with E-state index in [1.165, 1.54) is 5.56 Å². The first-order chi connectivity index (χ1) is 8.62. The van der Waals surface area contributed by atoms with Crippen LogP contribution in [0.15, 0.2) is 18.3 Å². The van der Waals surface area contributed by atoms with Crippen molar-refractivity contribution >= 4 is 9.76 Å². The van der Waals surface area contributed by atoms with Gasteiger partial charge in [0, 0.05) is 6.20 Å². The molecule has 0 bridgehead atoms. The molecular formula is C15H26N2OSi. The maximum Gasteiger partial charge on any atom is 0.168 e. The van der Waals surface area contributed by atoms with Gasteiger partial charge in [-0.1, -0.05) is 20.8 Å². The lowest BCUT2D eigenvalue weighted by molar-refractivity contribution is 0.109. The predicted molar refractivity (Wildman–Crippen MR) is 81.7 cm³/mol. The number of hydrogen-bond donors (Lipinski definition) is 1. The molecule has 0 aromatic carbocycles. The summed E-state index contributed by atoms with van der Waals surface area (Å²) in [5.41, 5.74) is 8.01. The Morgan fingerprint density at radius 2 is 1.89 bits per heavy atom. The van der Waals surface area contributed by atoms with Crippen LogP contribution in [0.2, 0.25) is 5.04 Å². The molecule has 2 N–H and O–H groups in total. The highest BCUT2D eigenvalue weighted by Crippen LogP contribution is 2.42. The summed E-state index contributed by atoms with van der Waals surface area (Å²) in [6, 6.07) is 4.18. The molecule has 0 saturated heterocycles. The zero-order chi connectivity index (χ0) is 14.3. The van der Waals surface area contributed by atoms with Gasteiger partial charge in [-0.3, -0.25) is 4.98 Å². The number of nitrogens with two attached hydrogens (primary N) is 1. The molecule has 1 aromatic heterocycles. The number of aromatic nitrogens is 1. The standard InChI is InChI=1S/C15H26N2OSi/c1-13(2,3)19-18-14(4,5)11-6-9-17-12(10-11)15(16)7-8-15/h6,9-10H,7-8,16,19H2,1-5H3. The Labute approximate surface area is 118 Å². The summed E-state index contributed by atoms with van der Waals surface area (Å²) in [5.74, 6) is 0. The number of hydrogen-bond acceptors (Lipinski definition) is 3. The molecule has 1 fully saturated rings. The highest BCUT2D eigenvalue weighted by atomic mass is 28.2. The number of pyridine rings is 1. The van der Waals surface area contributed by atoms with Crippen molar-refractivity contribution in [3.63, 3.8) is 0 Å². The van der Waals surface area contributed by atoms with E-state index in [-0.39, 0.29) is 11.1 Å². The average molecular weight is 278 g/mol. The van der Waals surface area contributed by atoms with Gasteiger partial charge in [0.25, 0.3) is 0 Å². The zero-order valence-corrected chi connectivity index (χ0v) is 14.2. The topological polar surface area (TPSA) is 48.1 Å². The molecule has 0 radical (unpaired) electrons. The largest absolute Gasteiger partial charge is 0.415 e. The fraction of sp³-hybridized carbons (Fsp3) is 0.667. The maximum absolute atomic E-state index is 6.24. The summed E-state index contributed by atoms with van der Waals surface area (Å²) in [6.45, 7) is 11.0. The Balaban J connectivity index is 2.16. The number of nitrogens with zero attached hydrogens (tertiary/aromatic N) is 1. The summed E-state index contributed by atoms with van der Waals surface area (Å²) < 4.78 is 6.24.